The van der Waals surface area contributed by atoms with E-state index in [1.54, 1.807) is 6.92 Å². The maximum atomic E-state index is 13.3. The quantitative estimate of drug-likeness (QED) is 0.230. The summed E-state index contributed by atoms with van der Waals surface area (Å²) in [6.07, 6.45) is 1.27. The van der Waals surface area contributed by atoms with E-state index in [1.165, 1.54) is 5.57 Å². The number of aliphatic hydroxyl groups excluding tert-OH is 3. The monoisotopic (exact) mass is 660 g/mol. The van der Waals surface area contributed by atoms with E-state index in [0.717, 1.165) is 25.3 Å². The van der Waals surface area contributed by atoms with E-state index in [2.05, 4.69) is 40.7 Å². The van der Waals surface area contributed by atoms with Gasteiger partial charge in [0, 0.05) is 0 Å². The Morgan fingerprint density at radius 3 is 2.13 bits per heavy atom. The SMILES string of the molecule is CC1(C)CCC2(C(=O)O)CCC3(C)C(=CCC4C5(C)CC(O)C(OC6OC(C(=O)O)=CC(O)C6O)C(C)(C(=O)O)C5CCC43C)C2C1. The highest BCUT2D eigenvalue weighted by atomic mass is 16.7. The molecule has 5 aliphatic carbocycles. The molecule has 6 N–H and O–H groups in total. The van der Waals surface area contributed by atoms with Crippen LogP contribution in [0.25, 0.3) is 0 Å². The molecule has 13 unspecified atom stereocenters. The molecule has 4 fully saturated rings. The maximum absolute atomic E-state index is 13.3. The molecule has 0 spiro atoms. The number of aliphatic carboxylic acids is 3. The van der Waals surface area contributed by atoms with Gasteiger partial charge in [-0.3, -0.25) is 9.59 Å². The number of hydrogen-bond donors (Lipinski definition) is 6. The van der Waals surface area contributed by atoms with Crippen LogP contribution in [0.2, 0.25) is 0 Å². The molecular formula is C36H52O11. The largest absolute Gasteiger partial charge is 0.481 e. The highest BCUT2D eigenvalue weighted by Gasteiger charge is 2.72. The predicted octanol–water partition coefficient (Wildman–Crippen LogP) is 4.34. The first-order valence-electron chi connectivity index (χ1n) is 17.2. The van der Waals surface area contributed by atoms with Gasteiger partial charge < -0.3 is 40.1 Å². The van der Waals surface area contributed by atoms with Gasteiger partial charge >= 0.3 is 17.9 Å². The number of carboxylic acid groups (broad SMARTS) is 3. The fourth-order valence-electron chi connectivity index (χ4n) is 11.9. The zero-order valence-electron chi connectivity index (χ0n) is 28.4. The van der Waals surface area contributed by atoms with Gasteiger partial charge in [-0.05, 0) is 110 Å². The van der Waals surface area contributed by atoms with Crippen molar-refractivity contribution in [1.29, 1.82) is 0 Å². The average Bonchev–Trinajstić information content (AvgIpc) is 2.96. The summed E-state index contributed by atoms with van der Waals surface area (Å²) in [6, 6.07) is 0. The highest BCUT2D eigenvalue weighted by Crippen LogP contribution is 2.76. The molecule has 1 heterocycles. The van der Waals surface area contributed by atoms with Gasteiger partial charge in [-0.15, -0.1) is 0 Å². The molecular weight excluding hydrogens is 608 g/mol. The first-order valence-corrected chi connectivity index (χ1v) is 17.2. The Morgan fingerprint density at radius 1 is 0.851 bits per heavy atom. The number of ether oxygens (including phenoxy) is 2. The zero-order chi connectivity index (χ0) is 34.7. The minimum absolute atomic E-state index is 0.00871. The summed E-state index contributed by atoms with van der Waals surface area (Å²) in [5, 5.41) is 63.6. The van der Waals surface area contributed by atoms with Crippen molar-refractivity contribution in [3.63, 3.8) is 0 Å². The van der Waals surface area contributed by atoms with Crippen molar-refractivity contribution in [3.05, 3.63) is 23.5 Å². The third-order valence-corrected chi connectivity index (χ3v) is 14.8. The van der Waals surface area contributed by atoms with Gasteiger partial charge in [-0.2, -0.15) is 0 Å². The molecule has 0 aromatic rings. The third kappa shape index (κ3) is 4.62. The molecule has 0 radical (unpaired) electrons. The highest BCUT2D eigenvalue weighted by molar-refractivity contribution is 5.84. The van der Waals surface area contributed by atoms with Gasteiger partial charge in [0.05, 0.1) is 16.9 Å². The summed E-state index contributed by atoms with van der Waals surface area (Å²) in [7, 11) is 0. The van der Waals surface area contributed by atoms with Crippen LogP contribution < -0.4 is 0 Å². The number of carboxylic acids is 3. The van der Waals surface area contributed by atoms with Crippen molar-refractivity contribution in [2.45, 2.75) is 130 Å². The average molecular weight is 661 g/mol. The first kappa shape index (κ1) is 34.4. The van der Waals surface area contributed by atoms with Crippen LogP contribution in [-0.4, -0.2) is 79.3 Å². The second-order valence-corrected chi connectivity index (χ2v) is 17.4. The smallest absolute Gasteiger partial charge is 0.371 e. The Morgan fingerprint density at radius 2 is 1.51 bits per heavy atom. The molecule has 11 heteroatoms. The number of fused-ring (bicyclic) bond motifs is 7. The normalized spacial score (nSPS) is 50.2. The van der Waals surface area contributed by atoms with Crippen LogP contribution in [-0.2, 0) is 23.9 Å². The Balaban J connectivity index is 1.37. The molecule has 47 heavy (non-hydrogen) atoms. The van der Waals surface area contributed by atoms with Crippen LogP contribution in [0.1, 0.15) is 99.3 Å². The van der Waals surface area contributed by atoms with E-state index in [0.29, 0.717) is 32.1 Å². The number of carbonyl (C=O) groups is 3. The van der Waals surface area contributed by atoms with Crippen molar-refractivity contribution < 1.29 is 54.5 Å². The minimum atomic E-state index is -1.70. The molecule has 11 nitrogen and oxygen atoms in total. The lowest BCUT2D eigenvalue weighted by Gasteiger charge is -2.71. The van der Waals surface area contributed by atoms with E-state index in [-0.39, 0.29) is 34.5 Å². The van der Waals surface area contributed by atoms with Crippen molar-refractivity contribution in [2.75, 3.05) is 0 Å². The number of rotatable bonds is 5. The topological polar surface area (TPSA) is 191 Å². The van der Waals surface area contributed by atoms with E-state index < -0.39 is 76.5 Å². The molecule has 1 aliphatic heterocycles. The summed E-state index contributed by atoms with van der Waals surface area (Å²) in [5.74, 6) is -4.51. The van der Waals surface area contributed by atoms with Crippen LogP contribution in [0.15, 0.2) is 23.5 Å². The van der Waals surface area contributed by atoms with Gasteiger partial charge in [0.15, 0.2) is 0 Å². The Kier molecular flexibility index (Phi) is 7.88. The molecule has 262 valence electrons. The van der Waals surface area contributed by atoms with Gasteiger partial charge in [-0.1, -0.05) is 46.3 Å². The molecule has 0 aromatic heterocycles. The molecule has 4 saturated carbocycles. The molecule has 6 rings (SSSR count). The summed E-state index contributed by atoms with van der Waals surface area (Å²) >= 11 is 0. The van der Waals surface area contributed by atoms with Gasteiger partial charge in [0.1, 0.15) is 18.3 Å². The standard InChI is InChI=1S/C36H52O11/c1-31(2)11-13-36(30(44)45)14-12-33(4)18(19(36)16-31)7-8-23-32(3)17-21(38)26(35(6,29(42)43)24(32)9-10-34(23,33)5)47-28-25(39)20(37)15-22(46-28)27(40)41/h7,15,19-21,23-26,28,37-39H,8-14,16-17H2,1-6H3,(H,40,41)(H,42,43)(H,44,45). The molecule has 6 aliphatic rings. The lowest BCUT2D eigenvalue weighted by molar-refractivity contribution is -0.296. The van der Waals surface area contributed by atoms with Crippen LogP contribution in [0, 0.1) is 50.2 Å². The maximum Gasteiger partial charge on any atom is 0.371 e. The van der Waals surface area contributed by atoms with E-state index >= 15 is 0 Å². The second-order valence-electron chi connectivity index (χ2n) is 17.4. The van der Waals surface area contributed by atoms with Crippen LogP contribution in [0.4, 0.5) is 0 Å². The van der Waals surface area contributed by atoms with E-state index in [4.69, 9.17) is 9.47 Å². The molecule has 0 amide bonds. The molecule has 13 atom stereocenters. The van der Waals surface area contributed by atoms with Crippen molar-refractivity contribution in [1.82, 2.24) is 0 Å². The number of allylic oxidation sites excluding steroid dienone is 2. The van der Waals surface area contributed by atoms with Gasteiger partial charge in [0.25, 0.3) is 0 Å². The Labute approximate surface area is 276 Å². The number of hydrogen-bond acceptors (Lipinski definition) is 8. The summed E-state index contributed by atoms with van der Waals surface area (Å²) in [4.78, 5) is 37.9. The zero-order valence-corrected chi connectivity index (χ0v) is 28.4. The van der Waals surface area contributed by atoms with Crippen LogP contribution >= 0.6 is 0 Å². The Hall–Kier alpha value is -2.47. The molecule has 0 aromatic carbocycles. The molecule has 0 bridgehead atoms. The first-order chi connectivity index (χ1) is 21.7. The lowest BCUT2D eigenvalue weighted by Crippen LogP contribution is -2.69. The van der Waals surface area contributed by atoms with Gasteiger partial charge in [-0.25, -0.2) is 4.79 Å². The van der Waals surface area contributed by atoms with E-state index in [9.17, 15) is 45.0 Å². The second kappa shape index (κ2) is 10.8. The fraction of sp³-hybridized carbons (Fsp3) is 0.806. The van der Waals surface area contributed by atoms with Crippen LogP contribution in [0.3, 0.4) is 0 Å². The minimum Gasteiger partial charge on any atom is -0.481 e. The predicted molar refractivity (Wildman–Crippen MR) is 168 cm³/mol. The fourth-order valence-corrected chi connectivity index (χ4v) is 11.9. The van der Waals surface area contributed by atoms with Crippen molar-refractivity contribution >= 4 is 17.9 Å². The summed E-state index contributed by atoms with van der Waals surface area (Å²) < 4.78 is 11.4. The number of aliphatic hydroxyl groups is 3. The lowest BCUT2D eigenvalue weighted by atomic mass is 9.33. The third-order valence-electron chi connectivity index (χ3n) is 14.8. The summed E-state index contributed by atoms with van der Waals surface area (Å²) in [5.41, 5.74) is -2.35. The van der Waals surface area contributed by atoms with Crippen molar-refractivity contribution in [3.8, 4) is 0 Å². The summed E-state index contributed by atoms with van der Waals surface area (Å²) in [6.45, 7) is 12.7. The Bertz CT molecular complexity index is 1420. The molecule has 0 saturated heterocycles. The van der Waals surface area contributed by atoms with Crippen LogP contribution in [0.5, 0.6) is 0 Å². The van der Waals surface area contributed by atoms with Crippen molar-refractivity contribution in [2.24, 2.45) is 50.2 Å². The van der Waals surface area contributed by atoms with Gasteiger partial charge in [0.2, 0.25) is 12.0 Å². The van der Waals surface area contributed by atoms with E-state index in [1.807, 2.05) is 0 Å².